The Hall–Kier alpha value is -1.55. The average Bonchev–Trinajstić information content (AvgIpc) is 2.68. The maximum Gasteiger partial charge on any atom is 0.327 e. The zero-order chi connectivity index (χ0) is 11.7. The lowest BCUT2D eigenvalue weighted by Gasteiger charge is -2.14. The summed E-state index contributed by atoms with van der Waals surface area (Å²) in [4.78, 5) is 13.5. The third kappa shape index (κ3) is 1.76. The molecule has 1 aliphatic heterocycles. The fourth-order valence-electron chi connectivity index (χ4n) is 2.04. The van der Waals surface area contributed by atoms with Crippen LogP contribution in [0.2, 0.25) is 0 Å². The highest BCUT2D eigenvalue weighted by molar-refractivity contribution is 5.77. The Morgan fingerprint density at radius 2 is 2.31 bits per heavy atom. The van der Waals surface area contributed by atoms with Gasteiger partial charge in [-0.15, -0.1) is 0 Å². The van der Waals surface area contributed by atoms with Crippen LogP contribution in [0.15, 0.2) is 18.2 Å². The van der Waals surface area contributed by atoms with Gasteiger partial charge in [0.2, 0.25) is 0 Å². The van der Waals surface area contributed by atoms with E-state index in [9.17, 15) is 4.79 Å². The standard InChI is InChI=1S/C12H16N2O2/c1-14-6-5-8-7-9(3-4-10(8)14)11(13)12(15)16-2/h3-4,7,11H,5-6,13H2,1-2H3. The molecule has 86 valence electrons. The molecular formula is C12H16N2O2. The first-order chi connectivity index (χ1) is 7.63. The SMILES string of the molecule is COC(=O)C(N)c1ccc2c(c1)CCN2C. The van der Waals surface area contributed by atoms with Crippen molar-refractivity contribution in [3.63, 3.8) is 0 Å². The van der Waals surface area contributed by atoms with Crippen LogP contribution in [0.3, 0.4) is 0 Å². The van der Waals surface area contributed by atoms with E-state index in [-0.39, 0.29) is 0 Å². The van der Waals surface area contributed by atoms with Crippen molar-refractivity contribution >= 4 is 11.7 Å². The van der Waals surface area contributed by atoms with Gasteiger partial charge in [0.05, 0.1) is 7.11 Å². The number of carbonyl (C=O) groups excluding carboxylic acids is 1. The minimum Gasteiger partial charge on any atom is -0.468 e. The monoisotopic (exact) mass is 220 g/mol. The van der Waals surface area contributed by atoms with Gasteiger partial charge in [0.25, 0.3) is 0 Å². The van der Waals surface area contributed by atoms with Crippen LogP contribution in [0.4, 0.5) is 5.69 Å². The molecule has 4 nitrogen and oxygen atoms in total. The van der Waals surface area contributed by atoms with E-state index in [1.807, 2.05) is 18.2 Å². The number of rotatable bonds is 2. The van der Waals surface area contributed by atoms with Gasteiger partial charge >= 0.3 is 5.97 Å². The van der Waals surface area contributed by atoms with E-state index >= 15 is 0 Å². The van der Waals surface area contributed by atoms with Crippen LogP contribution in [0, 0.1) is 0 Å². The minimum atomic E-state index is -0.679. The second-order valence-corrected chi connectivity index (χ2v) is 4.06. The number of benzene rings is 1. The number of hydrogen-bond donors (Lipinski definition) is 1. The maximum absolute atomic E-state index is 11.3. The van der Waals surface area contributed by atoms with E-state index in [2.05, 4.69) is 16.7 Å². The molecule has 0 saturated heterocycles. The summed E-state index contributed by atoms with van der Waals surface area (Å²) in [5.74, 6) is -0.397. The van der Waals surface area contributed by atoms with Crippen molar-refractivity contribution in [2.45, 2.75) is 12.5 Å². The summed E-state index contributed by atoms with van der Waals surface area (Å²) in [6.45, 7) is 1.02. The molecule has 0 aromatic heterocycles. The zero-order valence-corrected chi connectivity index (χ0v) is 9.56. The fourth-order valence-corrected chi connectivity index (χ4v) is 2.04. The molecular weight excluding hydrogens is 204 g/mol. The van der Waals surface area contributed by atoms with Crippen LogP contribution >= 0.6 is 0 Å². The van der Waals surface area contributed by atoms with Gasteiger partial charge in [0.15, 0.2) is 0 Å². The van der Waals surface area contributed by atoms with E-state index in [4.69, 9.17) is 5.73 Å². The van der Waals surface area contributed by atoms with Crippen LogP contribution < -0.4 is 10.6 Å². The molecule has 0 bridgehead atoms. The van der Waals surface area contributed by atoms with Crippen molar-refractivity contribution in [3.8, 4) is 0 Å². The van der Waals surface area contributed by atoms with Crippen molar-refractivity contribution < 1.29 is 9.53 Å². The fraction of sp³-hybridized carbons (Fsp3) is 0.417. The first-order valence-corrected chi connectivity index (χ1v) is 5.31. The molecule has 1 atom stereocenters. The molecule has 0 fully saturated rings. The molecule has 1 heterocycles. The number of fused-ring (bicyclic) bond motifs is 1. The lowest BCUT2D eigenvalue weighted by Crippen LogP contribution is -2.22. The molecule has 0 amide bonds. The van der Waals surface area contributed by atoms with Gasteiger partial charge in [0.1, 0.15) is 6.04 Å². The summed E-state index contributed by atoms with van der Waals surface area (Å²) in [5, 5.41) is 0. The van der Waals surface area contributed by atoms with Gasteiger partial charge in [-0.05, 0) is 23.6 Å². The smallest absolute Gasteiger partial charge is 0.327 e. The average molecular weight is 220 g/mol. The molecule has 1 aromatic rings. The molecule has 2 N–H and O–H groups in total. The molecule has 0 aliphatic carbocycles. The normalized spacial score (nSPS) is 15.8. The highest BCUT2D eigenvalue weighted by atomic mass is 16.5. The van der Waals surface area contributed by atoms with Crippen LogP contribution in [-0.4, -0.2) is 26.7 Å². The molecule has 4 heteroatoms. The Balaban J connectivity index is 2.28. The number of nitrogens with two attached hydrogens (primary N) is 1. The molecule has 16 heavy (non-hydrogen) atoms. The van der Waals surface area contributed by atoms with Crippen molar-refractivity contribution in [1.82, 2.24) is 0 Å². The molecule has 1 unspecified atom stereocenters. The second kappa shape index (κ2) is 4.14. The van der Waals surface area contributed by atoms with E-state index < -0.39 is 12.0 Å². The van der Waals surface area contributed by atoms with Gasteiger partial charge in [0, 0.05) is 19.3 Å². The van der Waals surface area contributed by atoms with Crippen LogP contribution in [0.1, 0.15) is 17.2 Å². The number of esters is 1. The Kier molecular flexibility index (Phi) is 2.83. The van der Waals surface area contributed by atoms with E-state index in [0.29, 0.717) is 0 Å². The quantitative estimate of drug-likeness (QED) is 0.751. The molecule has 0 spiro atoms. The van der Waals surface area contributed by atoms with Crippen LogP contribution in [0.25, 0.3) is 0 Å². The number of methoxy groups -OCH3 is 1. The summed E-state index contributed by atoms with van der Waals surface area (Å²) >= 11 is 0. The summed E-state index contributed by atoms with van der Waals surface area (Å²) in [5.41, 5.74) is 9.08. The Morgan fingerprint density at radius 1 is 1.56 bits per heavy atom. The van der Waals surface area contributed by atoms with Gasteiger partial charge in [-0.2, -0.15) is 0 Å². The van der Waals surface area contributed by atoms with Crippen molar-refractivity contribution in [2.75, 3.05) is 25.6 Å². The first kappa shape index (κ1) is 11.0. The zero-order valence-electron chi connectivity index (χ0n) is 9.56. The first-order valence-electron chi connectivity index (χ1n) is 5.31. The van der Waals surface area contributed by atoms with E-state index in [1.54, 1.807) is 0 Å². The lowest BCUT2D eigenvalue weighted by atomic mass is 10.0. The highest BCUT2D eigenvalue weighted by Gasteiger charge is 2.20. The number of likely N-dealkylation sites (N-methyl/N-ethyl adjacent to an activating group) is 1. The molecule has 2 rings (SSSR count). The van der Waals surface area contributed by atoms with Gasteiger partial charge in [-0.1, -0.05) is 12.1 Å². The number of ether oxygens (including phenoxy) is 1. The third-order valence-corrected chi connectivity index (χ3v) is 3.05. The molecule has 1 aromatic carbocycles. The van der Waals surface area contributed by atoms with Crippen molar-refractivity contribution in [2.24, 2.45) is 5.73 Å². The van der Waals surface area contributed by atoms with E-state index in [0.717, 1.165) is 18.5 Å². The van der Waals surface area contributed by atoms with Crippen molar-refractivity contribution in [1.29, 1.82) is 0 Å². The maximum atomic E-state index is 11.3. The summed E-state index contributed by atoms with van der Waals surface area (Å²) < 4.78 is 4.63. The van der Waals surface area contributed by atoms with Gasteiger partial charge in [-0.25, -0.2) is 0 Å². The van der Waals surface area contributed by atoms with E-state index in [1.165, 1.54) is 18.4 Å². The molecule has 0 radical (unpaired) electrons. The van der Waals surface area contributed by atoms with Gasteiger partial charge < -0.3 is 15.4 Å². The largest absolute Gasteiger partial charge is 0.468 e. The number of anilines is 1. The van der Waals surface area contributed by atoms with Crippen molar-refractivity contribution in [3.05, 3.63) is 29.3 Å². The minimum absolute atomic E-state index is 0.397. The third-order valence-electron chi connectivity index (χ3n) is 3.05. The topological polar surface area (TPSA) is 55.6 Å². The van der Waals surface area contributed by atoms with Crippen LogP contribution in [0.5, 0.6) is 0 Å². The molecule has 0 saturated carbocycles. The summed E-state index contributed by atoms with van der Waals surface area (Å²) in [6, 6.07) is 5.23. The second-order valence-electron chi connectivity index (χ2n) is 4.06. The highest BCUT2D eigenvalue weighted by Crippen LogP contribution is 2.29. The Labute approximate surface area is 95.0 Å². The predicted octanol–water partition coefficient (Wildman–Crippen LogP) is 0.852. The number of carbonyl (C=O) groups is 1. The molecule has 1 aliphatic rings. The summed E-state index contributed by atoms with van der Waals surface area (Å²) in [6.07, 6.45) is 1.01. The van der Waals surface area contributed by atoms with Gasteiger partial charge in [-0.3, -0.25) is 4.79 Å². The predicted molar refractivity (Wildman–Crippen MR) is 62.4 cm³/mol. The van der Waals surface area contributed by atoms with Crippen LogP contribution in [-0.2, 0) is 16.0 Å². The lowest BCUT2D eigenvalue weighted by molar-refractivity contribution is -0.142. The Bertz CT molecular complexity index is 417. The Morgan fingerprint density at radius 3 is 3.00 bits per heavy atom. The number of nitrogens with zero attached hydrogens (tertiary/aromatic N) is 1. The summed E-state index contributed by atoms with van der Waals surface area (Å²) in [7, 11) is 3.41. The number of hydrogen-bond acceptors (Lipinski definition) is 4.